The minimum Gasteiger partial charge on any atom is -0.329 e. The van der Waals surface area contributed by atoms with Gasteiger partial charge in [-0.15, -0.1) is 12.4 Å². The summed E-state index contributed by atoms with van der Waals surface area (Å²) in [6.07, 6.45) is 0.411. The number of sulfonamides is 1. The van der Waals surface area contributed by atoms with Crippen LogP contribution in [0.1, 0.15) is 27.2 Å². The Morgan fingerprint density at radius 2 is 1.77 bits per heavy atom. The smallest absolute Gasteiger partial charge is 0.244 e. The Kier molecular flexibility index (Phi) is 7.34. The van der Waals surface area contributed by atoms with E-state index in [-0.39, 0.29) is 24.9 Å². The molecule has 9 heteroatoms. The molecule has 0 bridgehead atoms. The van der Waals surface area contributed by atoms with Gasteiger partial charge in [-0.25, -0.2) is 26.3 Å². The first-order valence-electron chi connectivity index (χ1n) is 6.40. The van der Waals surface area contributed by atoms with Crippen molar-refractivity contribution in [3.8, 4) is 0 Å². The first-order chi connectivity index (χ1) is 9.52. The fourth-order valence-corrected chi connectivity index (χ4v) is 3.66. The topological polar surface area (TPSA) is 72.2 Å². The van der Waals surface area contributed by atoms with Crippen LogP contribution in [-0.2, 0) is 10.0 Å². The van der Waals surface area contributed by atoms with Crippen molar-refractivity contribution in [3.05, 3.63) is 29.6 Å². The lowest BCUT2D eigenvalue weighted by Crippen LogP contribution is -2.52. The van der Waals surface area contributed by atoms with Crippen LogP contribution in [0.2, 0.25) is 0 Å². The van der Waals surface area contributed by atoms with Crippen LogP contribution in [0.4, 0.5) is 13.2 Å². The second-order valence-electron chi connectivity index (χ2n) is 5.64. The molecule has 0 amide bonds. The first kappa shape index (κ1) is 21.2. The minimum absolute atomic E-state index is 0. The summed E-state index contributed by atoms with van der Waals surface area (Å²) in [6.45, 7) is 5.30. The fourth-order valence-electron chi connectivity index (χ4n) is 2.16. The van der Waals surface area contributed by atoms with E-state index in [9.17, 15) is 21.6 Å². The summed E-state index contributed by atoms with van der Waals surface area (Å²) in [5.74, 6) is -4.88. The molecule has 0 heterocycles. The number of nitrogens with one attached hydrogen (secondary N) is 1. The predicted octanol–water partition coefficient (Wildman–Crippen LogP) is 2.57. The van der Waals surface area contributed by atoms with Crippen LogP contribution in [0.15, 0.2) is 17.0 Å². The number of nitrogens with two attached hydrogens (primary N) is 1. The van der Waals surface area contributed by atoms with Crippen LogP contribution in [-0.4, -0.2) is 20.5 Å². The molecule has 0 fully saturated rings. The van der Waals surface area contributed by atoms with Gasteiger partial charge in [0.1, 0.15) is 4.90 Å². The number of halogens is 4. The molecule has 1 atom stereocenters. The Morgan fingerprint density at radius 1 is 1.23 bits per heavy atom. The van der Waals surface area contributed by atoms with E-state index >= 15 is 0 Å². The van der Waals surface area contributed by atoms with Crippen LogP contribution in [0.25, 0.3) is 0 Å². The van der Waals surface area contributed by atoms with E-state index in [1.54, 1.807) is 6.92 Å². The summed E-state index contributed by atoms with van der Waals surface area (Å²) in [4.78, 5) is -0.940. The molecule has 1 rings (SSSR count). The third-order valence-corrected chi connectivity index (χ3v) is 4.64. The number of hydrogen-bond donors (Lipinski definition) is 2. The predicted molar refractivity (Wildman–Crippen MR) is 80.8 cm³/mol. The second-order valence-corrected chi connectivity index (χ2v) is 7.29. The Morgan fingerprint density at radius 3 is 2.23 bits per heavy atom. The van der Waals surface area contributed by atoms with Gasteiger partial charge in [0.05, 0.1) is 0 Å². The molecule has 3 N–H and O–H groups in total. The summed E-state index contributed by atoms with van der Waals surface area (Å²) in [6, 6.07) is 1.25. The molecular weight excluding hydrogens is 341 g/mol. The maximum atomic E-state index is 13.6. The van der Waals surface area contributed by atoms with Gasteiger partial charge >= 0.3 is 0 Å². The third kappa shape index (κ3) is 4.84. The highest BCUT2D eigenvalue weighted by Gasteiger charge is 2.32. The van der Waals surface area contributed by atoms with E-state index in [0.29, 0.717) is 18.6 Å². The van der Waals surface area contributed by atoms with E-state index < -0.39 is 37.9 Å². The Balaban J connectivity index is 0.00000441. The molecule has 0 aliphatic carbocycles. The lowest BCUT2D eigenvalue weighted by atomic mass is 9.92. The SMILES string of the molecule is CC(C)CC(C)(CN)NS(=O)(=O)c1ccc(F)c(F)c1F.Cl. The van der Waals surface area contributed by atoms with Crippen LogP contribution in [0.5, 0.6) is 0 Å². The molecule has 1 aromatic carbocycles. The summed E-state index contributed by atoms with van der Waals surface area (Å²) < 4.78 is 66.3. The van der Waals surface area contributed by atoms with Gasteiger partial charge < -0.3 is 5.73 Å². The average Bonchev–Trinajstić information content (AvgIpc) is 2.34. The summed E-state index contributed by atoms with van der Waals surface area (Å²) in [5.41, 5.74) is 4.57. The monoisotopic (exact) mass is 360 g/mol. The van der Waals surface area contributed by atoms with Gasteiger partial charge in [-0.05, 0) is 31.4 Å². The van der Waals surface area contributed by atoms with Crippen molar-refractivity contribution >= 4 is 22.4 Å². The van der Waals surface area contributed by atoms with Crippen molar-refractivity contribution < 1.29 is 21.6 Å². The van der Waals surface area contributed by atoms with Gasteiger partial charge in [-0.1, -0.05) is 13.8 Å². The van der Waals surface area contributed by atoms with Crippen LogP contribution in [0, 0.1) is 23.4 Å². The quantitative estimate of drug-likeness (QED) is 0.766. The molecule has 4 nitrogen and oxygen atoms in total. The number of benzene rings is 1. The van der Waals surface area contributed by atoms with Crippen LogP contribution < -0.4 is 10.5 Å². The third-order valence-electron chi connectivity index (χ3n) is 2.98. The molecule has 1 unspecified atom stereocenters. The molecule has 0 aliphatic rings. The van der Waals surface area contributed by atoms with E-state index in [2.05, 4.69) is 4.72 Å². The Hall–Kier alpha value is -0.830. The van der Waals surface area contributed by atoms with E-state index in [1.165, 1.54) is 0 Å². The second kappa shape index (κ2) is 7.63. The highest BCUT2D eigenvalue weighted by atomic mass is 35.5. The van der Waals surface area contributed by atoms with Crippen molar-refractivity contribution in [2.45, 2.75) is 37.6 Å². The van der Waals surface area contributed by atoms with Gasteiger partial charge in [-0.3, -0.25) is 0 Å². The zero-order valence-corrected chi connectivity index (χ0v) is 14.1. The lowest BCUT2D eigenvalue weighted by Gasteiger charge is -2.30. The van der Waals surface area contributed by atoms with Crippen LogP contribution >= 0.6 is 12.4 Å². The van der Waals surface area contributed by atoms with Crippen molar-refractivity contribution in [2.75, 3.05) is 6.54 Å². The van der Waals surface area contributed by atoms with Crippen molar-refractivity contribution in [3.63, 3.8) is 0 Å². The van der Waals surface area contributed by atoms with Gasteiger partial charge in [0.2, 0.25) is 10.0 Å². The van der Waals surface area contributed by atoms with E-state index in [0.717, 1.165) is 0 Å². The molecule has 0 spiro atoms. The van der Waals surface area contributed by atoms with Gasteiger partial charge in [0.25, 0.3) is 0 Å². The van der Waals surface area contributed by atoms with Gasteiger partial charge in [-0.2, -0.15) is 0 Å². The molecule has 0 aliphatic heterocycles. The number of hydrogen-bond acceptors (Lipinski definition) is 3. The van der Waals surface area contributed by atoms with E-state index in [1.807, 2.05) is 13.8 Å². The van der Waals surface area contributed by atoms with Crippen LogP contribution in [0.3, 0.4) is 0 Å². The number of rotatable bonds is 6. The average molecular weight is 361 g/mol. The maximum absolute atomic E-state index is 13.6. The summed E-state index contributed by atoms with van der Waals surface area (Å²) >= 11 is 0. The molecule has 0 saturated carbocycles. The molecule has 22 heavy (non-hydrogen) atoms. The Labute approximate surface area is 134 Å². The standard InChI is InChI=1S/C13H19F3N2O2S.ClH/c1-8(2)6-13(3,7-17)18-21(19,20)10-5-4-9(14)11(15)12(10)16;/h4-5,8,18H,6-7,17H2,1-3H3;1H. The van der Waals surface area contributed by atoms with Crippen molar-refractivity contribution in [1.29, 1.82) is 0 Å². The summed E-state index contributed by atoms with van der Waals surface area (Å²) in [7, 11) is -4.36. The van der Waals surface area contributed by atoms with Crippen molar-refractivity contribution in [2.24, 2.45) is 11.7 Å². The molecule has 0 radical (unpaired) electrons. The highest BCUT2D eigenvalue weighted by molar-refractivity contribution is 7.89. The molecular formula is C13H20ClF3N2O2S. The van der Waals surface area contributed by atoms with E-state index in [4.69, 9.17) is 5.73 Å². The van der Waals surface area contributed by atoms with Gasteiger partial charge in [0.15, 0.2) is 17.5 Å². The van der Waals surface area contributed by atoms with Crippen molar-refractivity contribution in [1.82, 2.24) is 4.72 Å². The normalized spacial score (nSPS) is 14.5. The zero-order chi connectivity index (χ0) is 16.4. The minimum atomic E-state index is -4.36. The Bertz CT molecular complexity index is 626. The summed E-state index contributed by atoms with van der Waals surface area (Å²) in [5, 5.41) is 0. The fraction of sp³-hybridized carbons (Fsp3) is 0.538. The zero-order valence-electron chi connectivity index (χ0n) is 12.5. The largest absolute Gasteiger partial charge is 0.329 e. The molecule has 1 aromatic rings. The maximum Gasteiger partial charge on any atom is 0.244 e. The lowest BCUT2D eigenvalue weighted by molar-refractivity contribution is 0.343. The molecule has 0 aromatic heterocycles. The first-order valence-corrected chi connectivity index (χ1v) is 7.88. The molecule has 128 valence electrons. The molecule has 0 saturated heterocycles. The van der Waals surface area contributed by atoms with Gasteiger partial charge in [0, 0.05) is 12.1 Å². The highest BCUT2D eigenvalue weighted by Crippen LogP contribution is 2.23.